The SMILES string of the molecule is C1=C2c3ccccc3N(c3nc4c(nc3-c3ccc5c(c3)C(c3ccccc3)(c3ccccc3)c3ccccc3-5)sc3ccccc34)C2Cc2ccccc21. The standard InChI is InChI=1S/C51H33N3S/c1-3-17-35(18-4-1)51(36-19-5-2-6-20-36)42-24-12-9-21-37(42)38-28-27-34(30-43(38)51)47-49(52-48-40-23-11-14-26-46(40)55-50(48)53-47)54-44-25-13-10-22-39(44)41-29-32-15-7-8-16-33(32)31-45(41)54/h1-30,45H,31H2. The average Bonchev–Trinajstić information content (AvgIpc) is 3.88. The summed E-state index contributed by atoms with van der Waals surface area (Å²) in [5.41, 5.74) is 16.5. The minimum absolute atomic E-state index is 0.0918. The van der Waals surface area contributed by atoms with Crippen molar-refractivity contribution in [1.29, 1.82) is 0 Å². The number of para-hydroxylation sites is 1. The van der Waals surface area contributed by atoms with Gasteiger partial charge >= 0.3 is 0 Å². The maximum absolute atomic E-state index is 5.70. The number of thiophene rings is 1. The summed E-state index contributed by atoms with van der Waals surface area (Å²) in [6.45, 7) is 0. The molecule has 0 radical (unpaired) electrons. The van der Waals surface area contributed by atoms with Crippen molar-refractivity contribution in [2.75, 3.05) is 4.90 Å². The Morgan fingerprint density at radius 3 is 2.09 bits per heavy atom. The summed E-state index contributed by atoms with van der Waals surface area (Å²) >= 11 is 1.73. The number of aromatic nitrogens is 2. The van der Waals surface area contributed by atoms with Crippen LogP contribution >= 0.6 is 11.3 Å². The molecule has 3 nitrogen and oxygen atoms in total. The third-order valence-corrected chi connectivity index (χ3v) is 13.1. The van der Waals surface area contributed by atoms with Crippen molar-refractivity contribution in [3.05, 3.63) is 215 Å². The van der Waals surface area contributed by atoms with E-state index in [9.17, 15) is 0 Å². The van der Waals surface area contributed by atoms with Crippen LogP contribution in [0.15, 0.2) is 176 Å². The number of fused-ring (bicyclic) bond motifs is 10. The van der Waals surface area contributed by atoms with E-state index < -0.39 is 5.41 Å². The van der Waals surface area contributed by atoms with E-state index in [4.69, 9.17) is 9.97 Å². The highest BCUT2D eigenvalue weighted by Gasteiger charge is 2.46. The molecule has 7 aromatic carbocycles. The van der Waals surface area contributed by atoms with E-state index in [0.29, 0.717) is 0 Å². The molecule has 1 unspecified atom stereocenters. The fourth-order valence-electron chi connectivity index (χ4n) is 9.75. The maximum Gasteiger partial charge on any atom is 0.161 e. The van der Waals surface area contributed by atoms with Crippen LogP contribution in [0.1, 0.15) is 38.9 Å². The molecular weight excluding hydrogens is 687 g/mol. The van der Waals surface area contributed by atoms with Gasteiger partial charge in [0.1, 0.15) is 16.0 Å². The quantitative estimate of drug-likeness (QED) is 0.181. The molecule has 0 saturated heterocycles. The Morgan fingerprint density at radius 1 is 0.582 bits per heavy atom. The predicted molar refractivity (Wildman–Crippen MR) is 228 cm³/mol. The van der Waals surface area contributed by atoms with Gasteiger partial charge in [0.2, 0.25) is 0 Å². The molecule has 12 rings (SSSR count). The topological polar surface area (TPSA) is 29.0 Å². The number of nitrogens with zero attached hydrogens (tertiary/aromatic N) is 3. The van der Waals surface area contributed by atoms with E-state index in [-0.39, 0.29) is 6.04 Å². The molecule has 9 aromatic rings. The molecule has 258 valence electrons. The summed E-state index contributed by atoms with van der Waals surface area (Å²) in [6, 6.07) is 64.4. The first kappa shape index (κ1) is 30.8. The van der Waals surface area contributed by atoms with Crippen LogP contribution in [0.2, 0.25) is 0 Å². The Morgan fingerprint density at radius 2 is 1.25 bits per heavy atom. The Labute approximate surface area is 323 Å². The van der Waals surface area contributed by atoms with Crippen molar-refractivity contribution in [2.24, 2.45) is 0 Å². The second-order valence-electron chi connectivity index (χ2n) is 14.8. The normalized spacial score (nSPS) is 16.0. The number of hydrogen-bond donors (Lipinski definition) is 0. The zero-order valence-corrected chi connectivity index (χ0v) is 30.7. The van der Waals surface area contributed by atoms with Crippen molar-refractivity contribution >= 4 is 54.9 Å². The van der Waals surface area contributed by atoms with E-state index in [1.807, 2.05) is 0 Å². The van der Waals surface area contributed by atoms with Crippen LogP contribution in [0.3, 0.4) is 0 Å². The molecule has 4 heteroatoms. The molecule has 1 atom stereocenters. The van der Waals surface area contributed by atoms with Gasteiger partial charge in [0.05, 0.1) is 17.1 Å². The van der Waals surface area contributed by atoms with Crippen LogP contribution in [0.4, 0.5) is 11.5 Å². The lowest BCUT2D eigenvalue weighted by atomic mass is 9.67. The number of hydrogen-bond acceptors (Lipinski definition) is 4. The summed E-state index contributed by atoms with van der Waals surface area (Å²) in [5.74, 6) is 0.900. The van der Waals surface area contributed by atoms with Crippen molar-refractivity contribution in [3.63, 3.8) is 0 Å². The van der Waals surface area contributed by atoms with Crippen LogP contribution in [0, 0.1) is 0 Å². The second kappa shape index (κ2) is 11.7. The van der Waals surface area contributed by atoms with Crippen molar-refractivity contribution < 1.29 is 0 Å². The van der Waals surface area contributed by atoms with Crippen LogP contribution < -0.4 is 4.90 Å². The Bertz CT molecular complexity index is 2990. The highest BCUT2D eigenvalue weighted by molar-refractivity contribution is 7.25. The Balaban J connectivity index is 1.15. The molecule has 0 fully saturated rings. The number of anilines is 2. The van der Waals surface area contributed by atoms with Crippen LogP contribution in [0.5, 0.6) is 0 Å². The average molecular weight is 720 g/mol. The molecule has 0 N–H and O–H groups in total. The lowest BCUT2D eigenvalue weighted by molar-refractivity contribution is 0.768. The highest BCUT2D eigenvalue weighted by atomic mass is 32.1. The lowest BCUT2D eigenvalue weighted by Crippen LogP contribution is -2.32. The first-order valence-corrected chi connectivity index (χ1v) is 19.8. The van der Waals surface area contributed by atoms with Gasteiger partial charge in [0.15, 0.2) is 5.82 Å². The van der Waals surface area contributed by atoms with Gasteiger partial charge < -0.3 is 4.90 Å². The minimum atomic E-state index is -0.511. The lowest BCUT2D eigenvalue weighted by Gasteiger charge is -2.34. The monoisotopic (exact) mass is 719 g/mol. The molecule has 3 aliphatic rings. The zero-order valence-electron chi connectivity index (χ0n) is 29.9. The first-order chi connectivity index (χ1) is 27.3. The van der Waals surface area contributed by atoms with Crippen LogP contribution in [0.25, 0.3) is 54.5 Å². The fraction of sp³-hybridized carbons (Fsp3) is 0.0588. The molecule has 0 amide bonds. The number of benzene rings is 7. The minimum Gasteiger partial charge on any atom is -0.316 e. The molecule has 0 spiro atoms. The van der Waals surface area contributed by atoms with Crippen LogP contribution in [-0.4, -0.2) is 16.0 Å². The maximum atomic E-state index is 5.70. The van der Waals surface area contributed by atoms with E-state index >= 15 is 0 Å². The van der Waals surface area contributed by atoms with E-state index in [1.165, 1.54) is 66.0 Å². The summed E-state index contributed by atoms with van der Waals surface area (Å²) in [6.07, 6.45) is 3.29. The summed E-state index contributed by atoms with van der Waals surface area (Å²) in [4.78, 5) is 14.8. The van der Waals surface area contributed by atoms with Crippen molar-refractivity contribution in [1.82, 2.24) is 9.97 Å². The molecule has 55 heavy (non-hydrogen) atoms. The van der Waals surface area contributed by atoms with Gasteiger partial charge in [-0.3, -0.25) is 0 Å². The molecule has 3 heterocycles. The van der Waals surface area contributed by atoms with E-state index in [1.54, 1.807) is 11.3 Å². The molecule has 0 saturated carbocycles. The summed E-state index contributed by atoms with van der Waals surface area (Å²) < 4.78 is 1.20. The predicted octanol–water partition coefficient (Wildman–Crippen LogP) is 12.5. The van der Waals surface area contributed by atoms with Gasteiger partial charge in [-0.25, -0.2) is 9.97 Å². The summed E-state index contributed by atoms with van der Waals surface area (Å²) in [7, 11) is 0. The van der Waals surface area contributed by atoms with E-state index in [2.05, 4.69) is 187 Å². The van der Waals surface area contributed by atoms with Gasteiger partial charge in [0, 0.05) is 21.2 Å². The Kier molecular flexibility index (Phi) is 6.55. The highest BCUT2D eigenvalue weighted by Crippen LogP contribution is 2.57. The Hall–Kier alpha value is -6.62. The van der Waals surface area contributed by atoms with Crippen LogP contribution in [-0.2, 0) is 11.8 Å². The molecular formula is C51H33N3S. The van der Waals surface area contributed by atoms with Gasteiger partial charge in [-0.2, -0.15) is 0 Å². The second-order valence-corrected chi connectivity index (χ2v) is 15.9. The van der Waals surface area contributed by atoms with Crippen molar-refractivity contribution in [2.45, 2.75) is 17.9 Å². The fourth-order valence-corrected chi connectivity index (χ4v) is 10.8. The smallest absolute Gasteiger partial charge is 0.161 e. The largest absolute Gasteiger partial charge is 0.316 e. The summed E-state index contributed by atoms with van der Waals surface area (Å²) in [5, 5.41) is 1.15. The molecule has 2 aromatic heterocycles. The van der Waals surface area contributed by atoms with Gasteiger partial charge in [-0.15, -0.1) is 11.3 Å². The zero-order chi connectivity index (χ0) is 36.1. The molecule has 2 aliphatic carbocycles. The third kappa shape index (κ3) is 4.31. The first-order valence-electron chi connectivity index (χ1n) is 19.0. The third-order valence-electron chi connectivity index (χ3n) is 12.1. The van der Waals surface area contributed by atoms with Gasteiger partial charge in [0.25, 0.3) is 0 Å². The van der Waals surface area contributed by atoms with E-state index in [0.717, 1.165) is 39.2 Å². The number of rotatable bonds is 4. The van der Waals surface area contributed by atoms with Crippen molar-refractivity contribution in [3.8, 4) is 22.4 Å². The molecule has 0 bridgehead atoms. The van der Waals surface area contributed by atoms with Gasteiger partial charge in [-0.05, 0) is 80.8 Å². The van der Waals surface area contributed by atoms with Gasteiger partial charge in [-0.1, -0.05) is 158 Å². The molecule has 1 aliphatic heterocycles.